The molecule has 0 amide bonds. The predicted octanol–water partition coefficient (Wildman–Crippen LogP) is 4.95. The standard InChI is InChI=1S/C20H18O2/c1-15-13-17(11-12-19(15)21)18-9-5-6-10-20(18)22-14-16-7-3-2-4-8-16/h2-13,21H,14H2,1H3. The predicted molar refractivity (Wildman–Crippen MR) is 89.1 cm³/mol. The maximum atomic E-state index is 9.68. The SMILES string of the molecule is Cc1cc(-c2ccccc2OCc2ccccc2)ccc1O. The lowest BCUT2D eigenvalue weighted by Gasteiger charge is -2.12. The molecule has 110 valence electrons. The molecule has 0 saturated carbocycles. The van der Waals surface area contributed by atoms with Gasteiger partial charge in [-0.1, -0.05) is 54.6 Å². The molecule has 3 aromatic rings. The number of aromatic hydroxyl groups is 1. The molecule has 0 fully saturated rings. The molecule has 0 aliphatic heterocycles. The number of hydrogen-bond acceptors (Lipinski definition) is 2. The van der Waals surface area contributed by atoms with Crippen LogP contribution in [0.15, 0.2) is 72.8 Å². The summed E-state index contributed by atoms with van der Waals surface area (Å²) in [6, 6.07) is 23.7. The number of para-hydroxylation sites is 1. The molecule has 0 saturated heterocycles. The number of ether oxygens (including phenoxy) is 1. The molecule has 0 aliphatic carbocycles. The topological polar surface area (TPSA) is 29.5 Å². The van der Waals surface area contributed by atoms with Gasteiger partial charge in [-0.15, -0.1) is 0 Å². The summed E-state index contributed by atoms with van der Waals surface area (Å²) in [4.78, 5) is 0. The lowest BCUT2D eigenvalue weighted by molar-refractivity contribution is 0.307. The van der Waals surface area contributed by atoms with E-state index in [9.17, 15) is 5.11 Å². The molecule has 2 nitrogen and oxygen atoms in total. The second kappa shape index (κ2) is 6.35. The Kier molecular flexibility index (Phi) is 4.10. The van der Waals surface area contributed by atoms with E-state index in [0.29, 0.717) is 12.4 Å². The van der Waals surface area contributed by atoms with Crippen LogP contribution in [0.1, 0.15) is 11.1 Å². The summed E-state index contributed by atoms with van der Waals surface area (Å²) in [7, 11) is 0. The van der Waals surface area contributed by atoms with Gasteiger partial charge >= 0.3 is 0 Å². The number of phenols is 1. The average Bonchev–Trinajstić information content (AvgIpc) is 2.57. The molecule has 0 radical (unpaired) electrons. The molecule has 0 heterocycles. The van der Waals surface area contributed by atoms with Crippen LogP contribution in [0.25, 0.3) is 11.1 Å². The highest BCUT2D eigenvalue weighted by Gasteiger charge is 2.07. The molecule has 0 aromatic heterocycles. The lowest BCUT2D eigenvalue weighted by Crippen LogP contribution is -1.96. The van der Waals surface area contributed by atoms with Crippen molar-refractivity contribution in [3.63, 3.8) is 0 Å². The molecule has 0 atom stereocenters. The van der Waals surface area contributed by atoms with Crippen molar-refractivity contribution in [1.82, 2.24) is 0 Å². The van der Waals surface area contributed by atoms with Crippen LogP contribution in [0.5, 0.6) is 11.5 Å². The molecule has 0 spiro atoms. The van der Waals surface area contributed by atoms with Crippen LogP contribution in [0.2, 0.25) is 0 Å². The van der Waals surface area contributed by atoms with Gasteiger partial charge in [0.05, 0.1) is 0 Å². The Morgan fingerprint density at radius 2 is 1.59 bits per heavy atom. The quantitative estimate of drug-likeness (QED) is 0.737. The zero-order valence-electron chi connectivity index (χ0n) is 12.5. The summed E-state index contributed by atoms with van der Waals surface area (Å²) in [5.41, 5.74) is 4.06. The summed E-state index contributed by atoms with van der Waals surface area (Å²) in [5, 5.41) is 9.68. The van der Waals surface area contributed by atoms with Gasteiger partial charge in [-0.2, -0.15) is 0 Å². The first kappa shape index (κ1) is 14.2. The zero-order valence-corrected chi connectivity index (χ0v) is 12.5. The van der Waals surface area contributed by atoms with Gasteiger partial charge in [-0.05, 0) is 41.8 Å². The van der Waals surface area contributed by atoms with Gasteiger partial charge in [-0.3, -0.25) is 0 Å². The fraction of sp³-hybridized carbons (Fsp3) is 0.100. The molecule has 3 rings (SSSR count). The van der Waals surface area contributed by atoms with Gasteiger partial charge in [0.1, 0.15) is 18.1 Å². The van der Waals surface area contributed by atoms with Crippen molar-refractivity contribution < 1.29 is 9.84 Å². The third-order valence-corrected chi connectivity index (χ3v) is 3.63. The molecular formula is C20H18O2. The summed E-state index contributed by atoms with van der Waals surface area (Å²) in [6.45, 7) is 2.43. The monoisotopic (exact) mass is 290 g/mol. The second-order valence-electron chi connectivity index (χ2n) is 5.27. The Balaban J connectivity index is 1.88. The average molecular weight is 290 g/mol. The molecule has 0 unspecified atom stereocenters. The Hall–Kier alpha value is -2.74. The second-order valence-corrected chi connectivity index (χ2v) is 5.27. The number of aryl methyl sites for hydroxylation is 1. The van der Waals surface area contributed by atoms with Crippen LogP contribution in [-0.4, -0.2) is 5.11 Å². The Labute approximate surface area is 130 Å². The maximum Gasteiger partial charge on any atom is 0.127 e. The molecule has 1 N–H and O–H groups in total. The van der Waals surface area contributed by atoms with E-state index in [1.165, 1.54) is 0 Å². The van der Waals surface area contributed by atoms with Gasteiger partial charge in [0.15, 0.2) is 0 Å². The fourth-order valence-electron chi connectivity index (χ4n) is 2.39. The Bertz CT molecular complexity index is 764. The minimum absolute atomic E-state index is 0.312. The first-order chi connectivity index (χ1) is 10.7. The van der Waals surface area contributed by atoms with Crippen molar-refractivity contribution >= 4 is 0 Å². The van der Waals surface area contributed by atoms with Crippen molar-refractivity contribution in [3.8, 4) is 22.6 Å². The van der Waals surface area contributed by atoms with Crippen molar-refractivity contribution in [2.75, 3.05) is 0 Å². The highest BCUT2D eigenvalue weighted by molar-refractivity contribution is 5.71. The maximum absolute atomic E-state index is 9.68. The molecule has 3 aromatic carbocycles. The number of phenolic OH excluding ortho intramolecular Hbond substituents is 1. The van der Waals surface area contributed by atoms with Crippen molar-refractivity contribution in [2.45, 2.75) is 13.5 Å². The normalized spacial score (nSPS) is 10.4. The van der Waals surface area contributed by atoms with E-state index in [0.717, 1.165) is 28.0 Å². The van der Waals surface area contributed by atoms with E-state index in [2.05, 4.69) is 0 Å². The Morgan fingerprint density at radius 1 is 0.864 bits per heavy atom. The van der Waals surface area contributed by atoms with Crippen LogP contribution in [-0.2, 0) is 6.61 Å². The summed E-state index contributed by atoms with van der Waals surface area (Å²) >= 11 is 0. The van der Waals surface area contributed by atoms with Crippen molar-refractivity contribution in [1.29, 1.82) is 0 Å². The zero-order chi connectivity index (χ0) is 15.4. The third-order valence-electron chi connectivity index (χ3n) is 3.63. The third kappa shape index (κ3) is 3.12. The molecule has 22 heavy (non-hydrogen) atoms. The lowest BCUT2D eigenvalue weighted by atomic mass is 10.0. The highest BCUT2D eigenvalue weighted by atomic mass is 16.5. The summed E-state index contributed by atoms with van der Waals surface area (Å²) in [6.07, 6.45) is 0. The minimum Gasteiger partial charge on any atom is -0.508 e. The van der Waals surface area contributed by atoms with Crippen LogP contribution in [0, 0.1) is 6.92 Å². The number of hydrogen-bond donors (Lipinski definition) is 1. The van der Waals surface area contributed by atoms with E-state index in [1.54, 1.807) is 6.07 Å². The summed E-state index contributed by atoms with van der Waals surface area (Å²) in [5.74, 6) is 1.16. The van der Waals surface area contributed by atoms with Gasteiger partial charge < -0.3 is 9.84 Å². The number of benzene rings is 3. The highest BCUT2D eigenvalue weighted by Crippen LogP contribution is 2.32. The van der Waals surface area contributed by atoms with Gasteiger partial charge in [0, 0.05) is 5.56 Å². The van der Waals surface area contributed by atoms with Gasteiger partial charge in [-0.25, -0.2) is 0 Å². The van der Waals surface area contributed by atoms with Crippen LogP contribution < -0.4 is 4.74 Å². The van der Waals surface area contributed by atoms with Gasteiger partial charge in [0.2, 0.25) is 0 Å². The smallest absolute Gasteiger partial charge is 0.127 e. The van der Waals surface area contributed by atoms with E-state index in [1.807, 2.05) is 73.7 Å². The van der Waals surface area contributed by atoms with E-state index >= 15 is 0 Å². The fourth-order valence-corrected chi connectivity index (χ4v) is 2.39. The van der Waals surface area contributed by atoms with Crippen LogP contribution in [0.4, 0.5) is 0 Å². The first-order valence-corrected chi connectivity index (χ1v) is 7.30. The number of rotatable bonds is 4. The van der Waals surface area contributed by atoms with E-state index in [-0.39, 0.29) is 0 Å². The van der Waals surface area contributed by atoms with Crippen molar-refractivity contribution in [2.24, 2.45) is 0 Å². The minimum atomic E-state index is 0.312. The largest absolute Gasteiger partial charge is 0.508 e. The summed E-state index contributed by atoms with van der Waals surface area (Å²) < 4.78 is 5.99. The molecule has 0 aliphatic rings. The molecular weight excluding hydrogens is 272 g/mol. The Morgan fingerprint density at radius 3 is 2.36 bits per heavy atom. The first-order valence-electron chi connectivity index (χ1n) is 7.30. The van der Waals surface area contributed by atoms with Gasteiger partial charge in [0.25, 0.3) is 0 Å². The molecule has 0 bridgehead atoms. The van der Waals surface area contributed by atoms with Crippen LogP contribution in [0.3, 0.4) is 0 Å². The van der Waals surface area contributed by atoms with E-state index < -0.39 is 0 Å². The molecule has 2 heteroatoms. The van der Waals surface area contributed by atoms with Crippen LogP contribution >= 0.6 is 0 Å². The van der Waals surface area contributed by atoms with E-state index in [4.69, 9.17) is 4.74 Å². The van der Waals surface area contributed by atoms with Crippen molar-refractivity contribution in [3.05, 3.63) is 83.9 Å².